The number of amides is 1. The van der Waals surface area contributed by atoms with Gasteiger partial charge in [-0.05, 0) is 24.3 Å². The average molecular weight is 257 g/mol. The summed E-state index contributed by atoms with van der Waals surface area (Å²) in [5.74, 6) is 0.531. The largest absolute Gasteiger partial charge is 0.397 e. The normalized spacial score (nSPS) is 10.0. The minimum atomic E-state index is -0.292. The fourth-order valence-electron chi connectivity index (χ4n) is 1.46. The maximum Gasteiger partial charge on any atom is 0.274 e. The molecule has 0 saturated carbocycles. The number of carbonyl (C=O) groups is 1. The summed E-state index contributed by atoms with van der Waals surface area (Å²) in [6, 6.07) is 6.82. The molecule has 0 aliphatic rings. The molecule has 0 radical (unpaired) electrons. The van der Waals surface area contributed by atoms with E-state index in [0.717, 1.165) is 5.82 Å². The summed E-state index contributed by atoms with van der Waals surface area (Å²) < 4.78 is 0. The summed E-state index contributed by atoms with van der Waals surface area (Å²) in [6.07, 6.45) is 3.05. The van der Waals surface area contributed by atoms with E-state index in [9.17, 15) is 4.79 Å². The van der Waals surface area contributed by atoms with Crippen molar-refractivity contribution in [2.75, 3.05) is 30.0 Å². The zero-order valence-electron chi connectivity index (χ0n) is 10.8. The summed E-state index contributed by atoms with van der Waals surface area (Å²) >= 11 is 0. The Kier molecular flexibility index (Phi) is 3.61. The van der Waals surface area contributed by atoms with Crippen LogP contribution in [0.2, 0.25) is 0 Å². The molecule has 0 aromatic carbocycles. The summed E-state index contributed by atoms with van der Waals surface area (Å²) in [5.41, 5.74) is 6.97. The maximum atomic E-state index is 11.9. The molecule has 2 heterocycles. The lowest BCUT2D eigenvalue weighted by Crippen LogP contribution is -2.14. The van der Waals surface area contributed by atoms with Crippen LogP contribution < -0.4 is 16.0 Å². The molecule has 2 aromatic rings. The molecule has 0 aliphatic carbocycles. The first-order chi connectivity index (χ1) is 9.06. The molecule has 0 aliphatic heterocycles. The highest BCUT2D eigenvalue weighted by Gasteiger charge is 2.07. The van der Waals surface area contributed by atoms with E-state index < -0.39 is 0 Å². The van der Waals surface area contributed by atoms with E-state index in [2.05, 4.69) is 15.3 Å². The Morgan fingerprint density at radius 3 is 2.47 bits per heavy atom. The first kappa shape index (κ1) is 12.8. The van der Waals surface area contributed by atoms with E-state index in [4.69, 9.17) is 5.73 Å². The Labute approximate surface area is 111 Å². The van der Waals surface area contributed by atoms with E-state index in [1.165, 1.54) is 6.20 Å². The molecule has 2 aromatic heterocycles. The molecule has 0 saturated heterocycles. The van der Waals surface area contributed by atoms with E-state index in [-0.39, 0.29) is 5.91 Å². The number of rotatable bonds is 3. The van der Waals surface area contributed by atoms with Crippen LogP contribution in [0, 0.1) is 0 Å². The molecule has 6 nitrogen and oxygen atoms in total. The van der Waals surface area contributed by atoms with Gasteiger partial charge in [-0.1, -0.05) is 0 Å². The van der Waals surface area contributed by atoms with Crippen molar-refractivity contribution in [3.8, 4) is 0 Å². The number of nitrogens with zero attached hydrogens (tertiary/aromatic N) is 3. The van der Waals surface area contributed by atoms with Crippen molar-refractivity contribution in [1.29, 1.82) is 0 Å². The highest BCUT2D eigenvalue weighted by Crippen LogP contribution is 2.12. The lowest BCUT2D eigenvalue weighted by atomic mass is 10.3. The Balaban J connectivity index is 2.08. The van der Waals surface area contributed by atoms with Crippen molar-refractivity contribution in [2.24, 2.45) is 0 Å². The predicted octanol–water partition coefficient (Wildman–Crippen LogP) is 1.38. The highest BCUT2D eigenvalue weighted by molar-refractivity contribution is 6.02. The van der Waals surface area contributed by atoms with Gasteiger partial charge in [0.05, 0.1) is 23.8 Å². The first-order valence-corrected chi connectivity index (χ1v) is 5.72. The monoisotopic (exact) mass is 257 g/mol. The number of pyridine rings is 2. The number of anilines is 3. The number of aromatic nitrogens is 2. The van der Waals surface area contributed by atoms with E-state index >= 15 is 0 Å². The summed E-state index contributed by atoms with van der Waals surface area (Å²) in [6.45, 7) is 0. The average Bonchev–Trinajstić information content (AvgIpc) is 2.40. The van der Waals surface area contributed by atoms with Crippen LogP contribution in [0.3, 0.4) is 0 Å². The van der Waals surface area contributed by atoms with Crippen LogP contribution in [0.4, 0.5) is 17.2 Å². The predicted molar refractivity (Wildman–Crippen MR) is 75.2 cm³/mol. The quantitative estimate of drug-likeness (QED) is 0.867. The number of carbonyl (C=O) groups excluding carboxylic acids is 1. The second-order valence-electron chi connectivity index (χ2n) is 4.23. The Bertz CT molecular complexity index is 563. The standard InChI is InChI=1S/C13H15N5O/c1-18(2)12-6-4-10(8-16-12)17-13(19)11-5-3-9(14)7-15-11/h3-8H,14H2,1-2H3,(H,17,19). The van der Waals surface area contributed by atoms with Gasteiger partial charge in [-0.2, -0.15) is 0 Å². The number of hydrogen-bond acceptors (Lipinski definition) is 5. The smallest absolute Gasteiger partial charge is 0.274 e. The van der Waals surface area contributed by atoms with Crippen molar-refractivity contribution in [3.63, 3.8) is 0 Å². The number of hydrogen-bond donors (Lipinski definition) is 2. The number of nitrogens with two attached hydrogens (primary N) is 1. The van der Waals surface area contributed by atoms with E-state index in [0.29, 0.717) is 17.1 Å². The summed E-state index contributed by atoms with van der Waals surface area (Å²) in [7, 11) is 3.80. The third-order valence-electron chi connectivity index (χ3n) is 2.48. The van der Waals surface area contributed by atoms with E-state index in [1.54, 1.807) is 24.4 Å². The SMILES string of the molecule is CN(C)c1ccc(NC(=O)c2ccc(N)cn2)cn1. The van der Waals surface area contributed by atoms with Crippen LogP contribution in [0.25, 0.3) is 0 Å². The third kappa shape index (κ3) is 3.19. The molecule has 0 atom stereocenters. The lowest BCUT2D eigenvalue weighted by Gasteiger charge is -2.11. The van der Waals surface area contributed by atoms with Crippen molar-refractivity contribution < 1.29 is 4.79 Å². The summed E-state index contributed by atoms with van der Waals surface area (Å²) in [4.78, 5) is 21.9. The minimum Gasteiger partial charge on any atom is -0.397 e. The summed E-state index contributed by atoms with van der Waals surface area (Å²) in [5, 5.41) is 2.72. The molecule has 19 heavy (non-hydrogen) atoms. The third-order valence-corrected chi connectivity index (χ3v) is 2.48. The highest BCUT2D eigenvalue weighted by atomic mass is 16.1. The first-order valence-electron chi connectivity index (χ1n) is 5.72. The van der Waals surface area contributed by atoms with Crippen LogP contribution in [0.15, 0.2) is 36.7 Å². The Morgan fingerprint density at radius 1 is 1.16 bits per heavy atom. The van der Waals surface area contributed by atoms with Crippen LogP contribution in [-0.4, -0.2) is 30.0 Å². The fraction of sp³-hybridized carbons (Fsp3) is 0.154. The zero-order chi connectivity index (χ0) is 13.8. The molecule has 1 amide bonds. The molecule has 0 bridgehead atoms. The molecule has 0 spiro atoms. The van der Waals surface area contributed by atoms with Crippen LogP contribution in [0.1, 0.15) is 10.5 Å². The number of nitrogen functional groups attached to an aromatic ring is 1. The van der Waals surface area contributed by atoms with Crippen molar-refractivity contribution in [2.45, 2.75) is 0 Å². The molecule has 0 fully saturated rings. The van der Waals surface area contributed by atoms with Gasteiger partial charge >= 0.3 is 0 Å². The van der Waals surface area contributed by atoms with Crippen LogP contribution in [-0.2, 0) is 0 Å². The van der Waals surface area contributed by atoms with Gasteiger partial charge in [-0.3, -0.25) is 4.79 Å². The Hall–Kier alpha value is -2.63. The second-order valence-corrected chi connectivity index (χ2v) is 4.23. The zero-order valence-corrected chi connectivity index (χ0v) is 10.8. The van der Waals surface area contributed by atoms with Gasteiger partial charge in [0.15, 0.2) is 0 Å². The van der Waals surface area contributed by atoms with Gasteiger partial charge in [-0.25, -0.2) is 9.97 Å². The van der Waals surface area contributed by atoms with Crippen LogP contribution in [0.5, 0.6) is 0 Å². The molecule has 3 N–H and O–H groups in total. The Morgan fingerprint density at radius 2 is 1.95 bits per heavy atom. The van der Waals surface area contributed by atoms with Crippen molar-refractivity contribution in [1.82, 2.24) is 9.97 Å². The van der Waals surface area contributed by atoms with Gasteiger partial charge in [0.25, 0.3) is 5.91 Å². The molecule has 98 valence electrons. The van der Waals surface area contributed by atoms with E-state index in [1.807, 2.05) is 25.1 Å². The van der Waals surface area contributed by atoms with Crippen molar-refractivity contribution >= 4 is 23.1 Å². The van der Waals surface area contributed by atoms with Gasteiger partial charge in [0.2, 0.25) is 0 Å². The van der Waals surface area contributed by atoms with Crippen LogP contribution >= 0.6 is 0 Å². The molecular weight excluding hydrogens is 242 g/mol. The van der Waals surface area contributed by atoms with Gasteiger partial charge < -0.3 is 16.0 Å². The number of nitrogens with one attached hydrogen (secondary N) is 1. The fourth-order valence-corrected chi connectivity index (χ4v) is 1.46. The van der Waals surface area contributed by atoms with Gasteiger partial charge in [-0.15, -0.1) is 0 Å². The second kappa shape index (κ2) is 5.34. The maximum absolute atomic E-state index is 11.9. The molecule has 6 heteroatoms. The van der Waals surface area contributed by atoms with Gasteiger partial charge in [0, 0.05) is 14.1 Å². The molecular formula is C13H15N5O. The van der Waals surface area contributed by atoms with Crippen molar-refractivity contribution in [3.05, 3.63) is 42.4 Å². The lowest BCUT2D eigenvalue weighted by molar-refractivity contribution is 0.102. The minimum absolute atomic E-state index is 0.292. The molecule has 2 rings (SSSR count). The molecule has 0 unspecified atom stereocenters. The van der Waals surface area contributed by atoms with Gasteiger partial charge in [0.1, 0.15) is 11.5 Å². The topological polar surface area (TPSA) is 84.1 Å².